The van der Waals surface area contributed by atoms with Crippen LogP contribution in [0.4, 0.5) is 36.1 Å². The molecule has 3 N–H and O–H groups in total. The Balaban J connectivity index is 2.41. The fourth-order valence-electron chi connectivity index (χ4n) is 1.66. The molecule has 6 nitrogen and oxygen atoms in total. The number of pyridine rings is 1. The minimum atomic E-state index is -4.57. The number of aromatic nitrogens is 1. The third kappa shape index (κ3) is 3.38. The van der Waals surface area contributed by atoms with Crippen LogP contribution in [0.5, 0.6) is 0 Å². The number of halogens is 3. The summed E-state index contributed by atoms with van der Waals surface area (Å²) in [5.41, 5.74) is 3.95. The molecule has 1 aromatic heterocycles. The van der Waals surface area contributed by atoms with E-state index in [0.717, 1.165) is 12.1 Å². The van der Waals surface area contributed by atoms with Crippen molar-refractivity contribution in [1.82, 2.24) is 4.98 Å². The second kappa shape index (κ2) is 5.27. The van der Waals surface area contributed by atoms with Crippen molar-refractivity contribution < 1.29 is 18.1 Å². The number of nitrogens with zero attached hydrogens (tertiary/aromatic N) is 2. The van der Waals surface area contributed by atoms with Gasteiger partial charge in [0.05, 0.1) is 10.5 Å². The highest BCUT2D eigenvalue weighted by Gasteiger charge is 2.31. The molecule has 0 aliphatic carbocycles. The number of nitrogens with two attached hydrogens (primary N) is 1. The SMILES string of the molecule is Nc1cc(Nc2ncccc2[N+](=O)[O-])cc(C(F)(F)F)c1. The van der Waals surface area contributed by atoms with Gasteiger partial charge in [-0.3, -0.25) is 10.1 Å². The summed E-state index contributed by atoms with van der Waals surface area (Å²) in [5.74, 6) is -0.166. The molecule has 0 saturated heterocycles. The van der Waals surface area contributed by atoms with Gasteiger partial charge in [-0.25, -0.2) is 4.98 Å². The second-order valence-corrected chi connectivity index (χ2v) is 4.09. The van der Waals surface area contributed by atoms with E-state index in [2.05, 4.69) is 10.3 Å². The molecule has 0 saturated carbocycles. The van der Waals surface area contributed by atoms with Crippen LogP contribution < -0.4 is 11.1 Å². The summed E-state index contributed by atoms with van der Waals surface area (Å²) >= 11 is 0. The van der Waals surface area contributed by atoms with Gasteiger partial charge in [-0.2, -0.15) is 13.2 Å². The highest BCUT2D eigenvalue weighted by atomic mass is 19.4. The average Bonchev–Trinajstić information content (AvgIpc) is 2.37. The summed E-state index contributed by atoms with van der Waals surface area (Å²) in [6.45, 7) is 0. The van der Waals surface area contributed by atoms with Crippen molar-refractivity contribution in [3.8, 4) is 0 Å². The number of rotatable bonds is 3. The second-order valence-electron chi connectivity index (χ2n) is 4.09. The number of anilines is 3. The normalized spacial score (nSPS) is 11.2. The Morgan fingerprint density at radius 1 is 1.29 bits per heavy atom. The highest BCUT2D eigenvalue weighted by Crippen LogP contribution is 2.34. The maximum Gasteiger partial charge on any atom is 0.416 e. The Labute approximate surface area is 116 Å². The predicted octanol–water partition coefficient (Wildman–Crippen LogP) is 3.33. The molecule has 1 heterocycles. The maximum atomic E-state index is 12.7. The fourth-order valence-corrected chi connectivity index (χ4v) is 1.66. The van der Waals surface area contributed by atoms with E-state index in [0.29, 0.717) is 0 Å². The van der Waals surface area contributed by atoms with Gasteiger partial charge in [0, 0.05) is 23.6 Å². The Kier molecular flexibility index (Phi) is 3.66. The van der Waals surface area contributed by atoms with Crippen LogP contribution in [0.3, 0.4) is 0 Å². The van der Waals surface area contributed by atoms with E-state index in [4.69, 9.17) is 5.73 Å². The highest BCUT2D eigenvalue weighted by molar-refractivity contribution is 5.68. The molecule has 9 heteroatoms. The van der Waals surface area contributed by atoms with Crippen LogP contribution in [0.2, 0.25) is 0 Å². The van der Waals surface area contributed by atoms with E-state index in [1.807, 2.05) is 0 Å². The molecular weight excluding hydrogens is 289 g/mol. The first-order valence-corrected chi connectivity index (χ1v) is 5.61. The van der Waals surface area contributed by atoms with Crippen molar-refractivity contribution in [2.45, 2.75) is 6.18 Å². The lowest BCUT2D eigenvalue weighted by molar-refractivity contribution is -0.384. The van der Waals surface area contributed by atoms with Crippen molar-refractivity contribution in [2.24, 2.45) is 0 Å². The number of hydrogen-bond donors (Lipinski definition) is 2. The van der Waals surface area contributed by atoms with Gasteiger partial charge >= 0.3 is 11.9 Å². The number of alkyl halides is 3. The zero-order valence-electron chi connectivity index (χ0n) is 10.4. The average molecular weight is 298 g/mol. The molecule has 0 unspecified atom stereocenters. The van der Waals surface area contributed by atoms with Crippen LogP contribution in [0.1, 0.15) is 5.56 Å². The number of nitrogen functional groups attached to an aromatic ring is 1. The lowest BCUT2D eigenvalue weighted by Crippen LogP contribution is -2.07. The molecule has 0 aliphatic rings. The minimum Gasteiger partial charge on any atom is -0.399 e. The zero-order valence-corrected chi connectivity index (χ0v) is 10.4. The molecule has 21 heavy (non-hydrogen) atoms. The summed E-state index contributed by atoms with van der Waals surface area (Å²) in [4.78, 5) is 13.9. The third-order valence-electron chi connectivity index (χ3n) is 2.53. The van der Waals surface area contributed by atoms with Gasteiger partial charge in [0.15, 0.2) is 0 Å². The van der Waals surface area contributed by atoms with Crippen molar-refractivity contribution in [3.05, 3.63) is 52.2 Å². The Hall–Kier alpha value is -2.84. The van der Waals surface area contributed by atoms with E-state index in [9.17, 15) is 23.3 Å². The predicted molar refractivity (Wildman–Crippen MR) is 70.0 cm³/mol. The van der Waals surface area contributed by atoms with Crippen molar-refractivity contribution in [2.75, 3.05) is 11.1 Å². The monoisotopic (exact) mass is 298 g/mol. The molecule has 2 rings (SSSR count). The van der Waals surface area contributed by atoms with E-state index in [1.165, 1.54) is 24.4 Å². The quantitative estimate of drug-likeness (QED) is 0.515. The van der Waals surface area contributed by atoms with Gasteiger partial charge in [0.1, 0.15) is 0 Å². The molecule has 0 fully saturated rings. The van der Waals surface area contributed by atoms with Crippen molar-refractivity contribution >= 4 is 22.9 Å². The number of benzene rings is 1. The molecule has 0 amide bonds. The Morgan fingerprint density at radius 2 is 2.00 bits per heavy atom. The number of hydrogen-bond acceptors (Lipinski definition) is 5. The first kappa shape index (κ1) is 14.6. The lowest BCUT2D eigenvalue weighted by Gasteiger charge is -2.11. The Morgan fingerprint density at radius 3 is 2.62 bits per heavy atom. The molecule has 0 radical (unpaired) electrons. The smallest absolute Gasteiger partial charge is 0.399 e. The molecular formula is C12H9F3N4O2. The summed E-state index contributed by atoms with van der Waals surface area (Å²) in [6.07, 6.45) is -3.28. The van der Waals surface area contributed by atoms with Crippen molar-refractivity contribution in [1.29, 1.82) is 0 Å². The minimum absolute atomic E-state index is 0.0378. The first-order chi connectivity index (χ1) is 9.77. The summed E-state index contributed by atoms with van der Waals surface area (Å²) in [7, 11) is 0. The fraction of sp³-hybridized carbons (Fsp3) is 0.0833. The number of nitro groups is 1. The van der Waals surface area contributed by atoms with Gasteiger partial charge in [0.2, 0.25) is 5.82 Å². The standard InChI is InChI=1S/C12H9F3N4O2/c13-12(14,15)7-4-8(16)6-9(5-7)18-11-10(19(20)21)2-1-3-17-11/h1-6H,16H2,(H,17,18). The van der Waals surface area contributed by atoms with E-state index >= 15 is 0 Å². The number of nitrogens with one attached hydrogen (secondary N) is 1. The maximum absolute atomic E-state index is 12.7. The van der Waals surface area contributed by atoms with E-state index in [1.54, 1.807) is 0 Å². The van der Waals surface area contributed by atoms with Crippen LogP contribution in [-0.2, 0) is 6.18 Å². The summed E-state index contributed by atoms with van der Waals surface area (Å²) < 4.78 is 38.1. The van der Waals surface area contributed by atoms with Crippen LogP contribution in [-0.4, -0.2) is 9.91 Å². The Bertz CT molecular complexity index is 688. The van der Waals surface area contributed by atoms with Crippen LogP contribution in [0.15, 0.2) is 36.5 Å². The molecule has 0 spiro atoms. The van der Waals surface area contributed by atoms with E-state index < -0.39 is 16.7 Å². The first-order valence-electron chi connectivity index (χ1n) is 5.61. The van der Waals surface area contributed by atoms with E-state index in [-0.39, 0.29) is 22.9 Å². The molecule has 2 aromatic rings. The topological polar surface area (TPSA) is 94.1 Å². The van der Waals surface area contributed by atoms with Crippen LogP contribution >= 0.6 is 0 Å². The van der Waals surface area contributed by atoms with Crippen LogP contribution in [0.25, 0.3) is 0 Å². The van der Waals surface area contributed by atoms with Crippen molar-refractivity contribution in [3.63, 3.8) is 0 Å². The summed E-state index contributed by atoms with van der Waals surface area (Å²) in [6, 6.07) is 5.34. The van der Waals surface area contributed by atoms with Gasteiger partial charge in [-0.05, 0) is 24.3 Å². The van der Waals surface area contributed by atoms with Gasteiger partial charge in [0.25, 0.3) is 0 Å². The molecule has 0 aliphatic heterocycles. The van der Waals surface area contributed by atoms with Gasteiger partial charge in [-0.15, -0.1) is 0 Å². The van der Waals surface area contributed by atoms with Gasteiger partial charge < -0.3 is 11.1 Å². The molecule has 110 valence electrons. The third-order valence-corrected chi connectivity index (χ3v) is 2.53. The lowest BCUT2D eigenvalue weighted by atomic mass is 10.1. The molecule has 0 atom stereocenters. The van der Waals surface area contributed by atoms with Crippen LogP contribution in [0, 0.1) is 10.1 Å². The summed E-state index contributed by atoms with van der Waals surface area (Å²) in [5, 5.41) is 13.3. The molecule has 1 aromatic carbocycles. The zero-order chi connectivity index (χ0) is 15.6. The molecule has 0 bridgehead atoms. The van der Waals surface area contributed by atoms with Gasteiger partial charge in [-0.1, -0.05) is 0 Å². The largest absolute Gasteiger partial charge is 0.416 e.